The zero-order valence-electron chi connectivity index (χ0n) is 14.5. The fourth-order valence-electron chi connectivity index (χ4n) is 3.03. The minimum atomic E-state index is -0.642. The normalized spacial score (nSPS) is 20.1. The van der Waals surface area contributed by atoms with E-state index < -0.39 is 5.97 Å². The number of carbonyl (C=O) groups excluding carboxylic acids is 2. The summed E-state index contributed by atoms with van der Waals surface area (Å²) in [5, 5.41) is 2.95. The second-order valence-corrected chi connectivity index (χ2v) is 6.05. The van der Waals surface area contributed by atoms with Crippen molar-refractivity contribution in [3.63, 3.8) is 0 Å². The molecule has 0 saturated heterocycles. The van der Waals surface area contributed by atoms with Crippen LogP contribution in [-0.4, -0.2) is 38.7 Å². The van der Waals surface area contributed by atoms with Crippen molar-refractivity contribution in [1.82, 2.24) is 5.32 Å². The van der Waals surface area contributed by atoms with Crippen molar-refractivity contribution < 1.29 is 23.8 Å². The van der Waals surface area contributed by atoms with Crippen molar-refractivity contribution in [3.8, 4) is 11.5 Å². The van der Waals surface area contributed by atoms with Gasteiger partial charge in [0.15, 0.2) is 6.61 Å². The molecular formula is C18H25NO5. The molecule has 0 aromatic heterocycles. The summed E-state index contributed by atoms with van der Waals surface area (Å²) < 4.78 is 15.5. The van der Waals surface area contributed by atoms with Gasteiger partial charge in [-0.15, -0.1) is 0 Å². The summed E-state index contributed by atoms with van der Waals surface area (Å²) in [4.78, 5) is 24.4. The molecule has 1 N–H and O–H groups in total. The van der Waals surface area contributed by atoms with Crippen LogP contribution in [0.25, 0.3) is 0 Å². The van der Waals surface area contributed by atoms with Crippen LogP contribution in [0.1, 0.15) is 43.0 Å². The van der Waals surface area contributed by atoms with Gasteiger partial charge in [0.2, 0.25) is 0 Å². The summed E-state index contributed by atoms with van der Waals surface area (Å²) >= 11 is 0. The minimum absolute atomic E-state index is 0.158. The summed E-state index contributed by atoms with van der Waals surface area (Å²) in [6.45, 7) is 1.82. The Bertz CT molecular complexity index is 565. The van der Waals surface area contributed by atoms with E-state index in [9.17, 15) is 9.59 Å². The van der Waals surface area contributed by atoms with Crippen molar-refractivity contribution in [2.45, 2.75) is 38.6 Å². The lowest BCUT2D eigenvalue weighted by Gasteiger charge is -2.29. The summed E-state index contributed by atoms with van der Waals surface area (Å²) in [6.07, 6.45) is 4.41. The largest absolute Gasteiger partial charge is 0.496 e. The molecule has 1 fully saturated rings. The first-order valence-electron chi connectivity index (χ1n) is 8.24. The van der Waals surface area contributed by atoms with Gasteiger partial charge in [-0.1, -0.05) is 25.8 Å². The van der Waals surface area contributed by atoms with Gasteiger partial charge in [0, 0.05) is 6.04 Å². The number of ether oxygens (including phenoxy) is 3. The first-order chi connectivity index (χ1) is 11.6. The van der Waals surface area contributed by atoms with E-state index in [4.69, 9.17) is 14.2 Å². The van der Waals surface area contributed by atoms with E-state index in [1.165, 1.54) is 20.6 Å². The van der Waals surface area contributed by atoms with Crippen LogP contribution in [0.2, 0.25) is 0 Å². The topological polar surface area (TPSA) is 73.9 Å². The number of carbonyl (C=O) groups is 2. The molecule has 1 aromatic rings. The van der Waals surface area contributed by atoms with Crippen LogP contribution in [-0.2, 0) is 9.53 Å². The molecule has 24 heavy (non-hydrogen) atoms. The van der Waals surface area contributed by atoms with Crippen molar-refractivity contribution in [2.24, 2.45) is 5.92 Å². The fraction of sp³-hybridized carbons (Fsp3) is 0.556. The van der Waals surface area contributed by atoms with Gasteiger partial charge in [0.1, 0.15) is 17.1 Å². The second kappa shape index (κ2) is 8.57. The Hall–Kier alpha value is -2.24. The molecule has 132 valence electrons. The number of amides is 1. The number of hydrogen-bond acceptors (Lipinski definition) is 5. The summed E-state index contributed by atoms with van der Waals surface area (Å²) in [5.41, 5.74) is 0.182. The van der Waals surface area contributed by atoms with Crippen LogP contribution in [0, 0.1) is 5.92 Å². The molecule has 1 aliphatic rings. The van der Waals surface area contributed by atoms with E-state index >= 15 is 0 Å². The van der Waals surface area contributed by atoms with Crippen LogP contribution in [0.4, 0.5) is 0 Å². The molecule has 1 aromatic carbocycles. The third-order valence-electron chi connectivity index (χ3n) is 4.42. The zero-order chi connectivity index (χ0) is 17.5. The Morgan fingerprint density at radius 1 is 1.12 bits per heavy atom. The predicted octanol–water partition coefficient (Wildman–Crippen LogP) is 2.56. The molecule has 1 aliphatic carbocycles. The van der Waals surface area contributed by atoms with Crippen molar-refractivity contribution in [1.29, 1.82) is 0 Å². The molecule has 0 heterocycles. The number of nitrogens with one attached hydrogen (secondary N) is 1. The van der Waals surface area contributed by atoms with Crippen LogP contribution in [0.15, 0.2) is 18.2 Å². The lowest BCUT2D eigenvalue weighted by molar-refractivity contribution is -0.125. The van der Waals surface area contributed by atoms with Gasteiger partial charge in [0.05, 0.1) is 14.2 Å². The van der Waals surface area contributed by atoms with Gasteiger partial charge in [-0.3, -0.25) is 4.79 Å². The van der Waals surface area contributed by atoms with Gasteiger partial charge in [-0.05, 0) is 30.9 Å². The molecular weight excluding hydrogens is 310 g/mol. The van der Waals surface area contributed by atoms with Gasteiger partial charge in [-0.25, -0.2) is 4.79 Å². The van der Waals surface area contributed by atoms with Crippen LogP contribution in [0.5, 0.6) is 11.5 Å². The lowest BCUT2D eigenvalue weighted by Crippen LogP contribution is -2.42. The summed E-state index contributed by atoms with van der Waals surface area (Å²) in [5.74, 6) is 0.223. The Morgan fingerprint density at radius 2 is 1.75 bits per heavy atom. The Labute approximate surface area is 142 Å². The molecule has 6 heteroatoms. The number of methoxy groups -OCH3 is 2. The van der Waals surface area contributed by atoms with Crippen LogP contribution >= 0.6 is 0 Å². The maximum Gasteiger partial charge on any atom is 0.346 e. The van der Waals surface area contributed by atoms with E-state index in [0.29, 0.717) is 17.4 Å². The molecule has 0 radical (unpaired) electrons. The Morgan fingerprint density at radius 3 is 2.33 bits per heavy atom. The van der Waals surface area contributed by atoms with Gasteiger partial charge in [0.25, 0.3) is 5.91 Å². The van der Waals surface area contributed by atoms with E-state index in [0.717, 1.165) is 19.3 Å². The second-order valence-electron chi connectivity index (χ2n) is 6.05. The highest BCUT2D eigenvalue weighted by molar-refractivity contribution is 5.96. The molecule has 1 saturated carbocycles. The highest BCUT2D eigenvalue weighted by atomic mass is 16.5. The van der Waals surface area contributed by atoms with Crippen LogP contribution < -0.4 is 14.8 Å². The SMILES string of the molecule is COc1cccc(OC)c1C(=O)OCC(=O)NC1CCCCC1C. The first-order valence-corrected chi connectivity index (χ1v) is 8.24. The molecule has 0 aliphatic heterocycles. The van der Waals surface area contributed by atoms with Crippen molar-refractivity contribution in [3.05, 3.63) is 23.8 Å². The number of rotatable bonds is 6. The average Bonchev–Trinajstić information content (AvgIpc) is 2.60. The highest BCUT2D eigenvalue weighted by Crippen LogP contribution is 2.29. The van der Waals surface area contributed by atoms with Gasteiger partial charge in [-0.2, -0.15) is 0 Å². The molecule has 1 amide bonds. The Balaban J connectivity index is 1.94. The standard InChI is InChI=1S/C18H25NO5/c1-12-7-4-5-8-13(12)19-16(20)11-24-18(21)17-14(22-2)9-6-10-15(17)23-3/h6,9-10,12-13H,4-5,7-8,11H2,1-3H3,(H,19,20). The van der Waals surface area contributed by atoms with Crippen molar-refractivity contribution in [2.75, 3.05) is 20.8 Å². The molecule has 6 nitrogen and oxygen atoms in total. The highest BCUT2D eigenvalue weighted by Gasteiger charge is 2.24. The first kappa shape index (κ1) is 18.1. The van der Waals surface area contributed by atoms with E-state index in [1.54, 1.807) is 18.2 Å². The molecule has 2 atom stereocenters. The van der Waals surface area contributed by atoms with E-state index in [1.807, 2.05) is 0 Å². The van der Waals surface area contributed by atoms with Gasteiger partial charge >= 0.3 is 5.97 Å². The lowest BCUT2D eigenvalue weighted by atomic mass is 9.86. The zero-order valence-corrected chi connectivity index (χ0v) is 14.5. The molecule has 2 rings (SSSR count). The number of hydrogen-bond donors (Lipinski definition) is 1. The maximum absolute atomic E-state index is 12.3. The van der Waals surface area contributed by atoms with E-state index in [2.05, 4.69) is 12.2 Å². The maximum atomic E-state index is 12.3. The Kier molecular flexibility index (Phi) is 6.46. The summed E-state index contributed by atoms with van der Waals surface area (Å²) in [6, 6.07) is 5.16. The molecule has 0 spiro atoms. The molecule has 2 unspecified atom stereocenters. The predicted molar refractivity (Wildman–Crippen MR) is 89.4 cm³/mol. The monoisotopic (exact) mass is 335 g/mol. The minimum Gasteiger partial charge on any atom is -0.496 e. The van der Waals surface area contributed by atoms with Crippen LogP contribution in [0.3, 0.4) is 0 Å². The van der Waals surface area contributed by atoms with Crippen molar-refractivity contribution >= 4 is 11.9 Å². The third-order valence-corrected chi connectivity index (χ3v) is 4.42. The smallest absolute Gasteiger partial charge is 0.346 e. The third kappa shape index (κ3) is 4.40. The quantitative estimate of drug-likeness (QED) is 0.809. The van der Waals surface area contributed by atoms with Gasteiger partial charge < -0.3 is 19.5 Å². The number of esters is 1. The molecule has 0 bridgehead atoms. The average molecular weight is 335 g/mol. The number of benzene rings is 1. The van der Waals surface area contributed by atoms with E-state index in [-0.39, 0.29) is 24.1 Å². The summed E-state index contributed by atoms with van der Waals surface area (Å²) in [7, 11) is 2.92. The fourth-order valence-corrected chi connectivity index (χ4v) is 3.03.